The predicted octanol–water partition coefficient (Wildman–Crippen LogP) is 5.11. The highest BCUT2D eigenvalue weighted by Gasteiger charge is 2.37. The van der Waals surface area contributed by atoms with Gasteiger partial charge in [-0.05, 0) is 42.5 Å². The summed E-state index contributed by atoms with van der Waals surface area (Å²) >= 11 is 6.03. The molecular formula is C25H14ClF3N2O4. The number of carbonyl (C=O) groups excluding carboxylic acids is 1. The molecule has 6 nitrogen and oxygen atoms in total. The van der Waals surface area contributed by atoms with Crippen molar-refractivity contribution in [2.45, 2.75) is 6.18 Å². The van der Waals surface area contributed by atoms with Gasteiger partial charge in [0.05, 0.1) is 27.2 Å². The van der Waals surface area contributed by atoms with Gasteiger partial charge in [-0.15, -0.1) is 0 Å². The van der Waals surface area contributed by atoms with Crippen LogP contribution >= 0.6 is 11.6 Å². The first kappa shape index (κ1) is 24.0. The number of nitrogens with zero attached hydrogens (tertiary/aromatic N) is 2. The van der Waals surface area contributed by atoms with Gasteiger partial charge in [0.1, 0.15) is 12.3 Å². The summed E-state index contributed by atoms with van der Waals surface area (Å²) in [4.78, 5) is 24.6. The normalized spacial score (nSPS) is 11.2. The SMILES string of the molecule is O=C(O)c1ccc(-c2nn(C(=O)c3c(Cl)cccc3C(F)(F)F)c3cc(C#CCO)ccc23)cc1. The van der Waals surface area contributed by atoms with Gasteiger partial charge in [-0.2, -0.15) is 23.0 Å². The minimum Gasteiger partial charge on any atom is -0.478 e. The van der Waals surface area contributed by atoms with Crippen molar-refractivity contribution in [1.82, 2.24) is 9.78 Å². The average Bonchev–Trinajstić information content (AvgIpc) is 3.20. The van der Waals surface area contributed by atoms with Gasteiger partial charge in [0.25, 0.3) is 5.91 Å². The van der Waals surface area contributed by atoms with Crippen LogP contribution < -0.4 is 0 Å². The second-order valence-corrected chi connectivity index (χ2v) is 7.71. The molecule has 0 aliphatic carbocycles. The molecule has 0 atom stereocenters. The van der Waals surface area contributed by atoms with Crippen LogP contribution in [0.25, 0.3) is 22.2 Å². The van der Waals surface area contributed by atoms with Gasteiger partial charge in [-0.3, -0.25) is 4.79 Å². The fourth-order valence-corrected chi connectivity index (χ4v) is 3.81. The number of hydrogen-bond acceptors (Lipinski definition) is 4. The summed E-state index contributed by atoms with van der Waals surface area (Å²) in [5, 5.41) is 22.4. The number of aliphatic hydroxyl groups is 1. The van der Waals surface area contributed by atoms with Crippen molar-refractivity contribution >= 4 is 34.4 Å². The van der Waals surface area contributed by atoms with Crippen molar-refractivity contribution in [3.8, 4) is 23.1 Å². The molecule has 35 heavy (non-hydrogen) atoms. The van der Waals surface area contributed by atoms with Gasteiger partial charge in [0.2, 0.25) is 0 Å². The zero-order valence-corrected chi connectivity index (χ0v) is 18.4. The number of rotatable bonds is 3. The van der Waals surface area contributed by atoms with E-state index in [-0.39, 0.29) is 16.8 Å². The van der Waals surface area contributed by atoms with Gasteiger partial charge >= 0.3 is 12.1 Å². The Labute approximate surface area is 201 Å². The highest BCUT2D eigenvalue weighted by molar-refractivity contribution is 6.34. The Hall–Kier alpha value is -4.13. The largest absolute Gasteiger partial charge is 0.478 e. The van der Waals surface area contributed by atoms with Crippen LogP contribution in [0.3, 0.4) is 0 Å². The van der Waals surface area contributed by atoms with E-state index in [2.05, 4.69) is 16.9 Å². The summed E-state index contributed by atoms with van der Waals surface area (Å²) in [6.07, 6.45) is -4.84. The lowest BCUT2D eigenvalue weighted by Gasteiger charge is -2.13. The van der Waals surface area contributed by atoms with E-state index < -0.39 is 40.8 Å². The molecule has 0 fully saturated rings. The summed E-state index contributed by atoms with van der Waals surface area (Å²) in [7, 11) is 0. The number of alkyl halides is 3. The Morgan fingerprint density at radius 2 is 1.77 bits per heavy atom. The number of halogens is 4. The summed E-state index contributed by atoms with van der Waals surface area (Å²) in [5.41, 5.74) is -0.703. The Morgan fingerprint density at radius 3 is 2.40 bits per heavy atom. The summed E-state index contributed by atoms with van der Waals surface area (Å²) in [5.74, 6) is 2.92. The van der Waals surface area contributed by atoms with Crippen LogP contribution in [0.15, 0.2) is 60.7 Å². The molecule has 0 bridgehead atoms. The lowest BCUT2D eigenvalue weighted by Crippen LogP contribution is -2.20. The monoisotopic (exact) mass is 498 g/mol. The van der Waals surface area contributed by atoms with Gasteiger partial charge in [-0.25, -0.2) is 4.79 Å². The molecule has 2 N–H and O–H groups in total. The second kappa shape index (κ2) is 9.25. The second-order valence-electron chi connectivity index (χ2n) is 7.30. The molecule has 1 aromatic heterocycles. The smallest absolute Gasteiger partial charge is 0.417 e. The summed E-state index contributed by atoms with van der Waals surface area (Å²) in [6.45, 7) is -0.411. The first-order valence-corrected chi connectivity index (χ1v) is 10.4. The number of carbonyl (C=O) groups is 2. The molecule has 3 aromatic carbocycles. The van der Waals surface area contributed by atoms with E-state index in [4.69, 9.17) is 21.8 Å². The fraction of sp³-hybridized carbons (Fsp3) is 0.0800. The van der Waals surface area contributed by atoms with Crippen LogP contribution in [0, 0.1) is 11.8 Å². The van der Waals surface area contributed by atoms with Crippen LogP contribution in [0.1, 0.15) is 31.8 Å². The van der Waals surface area contributed by atoms with Gasteiger partial charge in [0.15, 0.2) is 0 Å². The molecular weight excluding hydrogens is 485 g/mol. The predicted molar refractivity (Wildman–Crippen MR) is 122 cm³/mol. The third-order valence-corrected chi connectivity index (χ3v) is 5.44. The van der Waals surface area contributed by atoms with E-state index in [9.17, 15) is 22.8 Å². The number of aromatic nitrogens is 2. The first-order valence-electron chi connectivity index (χ1n) is 9.98. The van der Waals surface area contributed by atoms with Crippen molar-refractivity contribution in [2.24, 2.45) is 0 Å². The molecule has 0 spiro atoms. The number of hydrogen-bond donors (Lipinski definition) is 2. The molecule has 0 radical (unpaired) electrons. The van der Waals surface area contributed by atoms with Crippen molar-refractivity contribution in [3.63, 3.8) is 0 Å². The first-order chi connectivity index (χ1) is 16.6. The zero-order chi connectivity index (χ0) is 25.3. The summed E-state index contributed by atoms with van der Waals surface area (Å²) < 4.78 is 41.8. The summed E-state index contributed by atoms with van der Waals surface area (Å²) in [6, 6.07) is 13.4. The van der Waals surface area contributed by atoms with E-state index >= 15 is 0 Å². The molecule has 0 aliphatic heterocycles. The molecule has 0 saturated carbocycles. The highest BCUT2D eigenvalue weighted by atomic mass is 35.5. The van der Waals surface area contributed by atoms with E-state index in [0.29, 0.717) is 16.5 Å². The third-order valence-electron chi connectivity index (χ3n) is 5.12. The zero-order valence-electron chi connectivity index (χ0n) is 17.6. The topological polar surface area (TPSA) is 92.4 Å². The highest BCUT2D eigenvalue weighted by Crippen LogP contribution is 2.36. The van der Waals surface area contributed by atoms with Gasteiger partial charge < -0.3 is 10.2 Å². The number of benzene rings is 3. The Morgan fingerprint density at radius 1 is 1.06 bits per heavy atom. The van der Waals surface area contributed by atoms with Gasteiger partial charge in [0, 0.05) is 16.5 Å². The molecule has 4 rings (SSSR count). The lowest BCUT2D eigenvalue weighted by molar-refractivity contribution is -0.137. The molecule has 0 saturated heterocycles. The molecule has 4 aromatic rings. The maximum Gasteiger partial charge on any atom is 0.417 e. The van der Waals surface area contributed by atoms with Gasteiger partial charge in [-0.1, -0.05) is 41.6 Å². The van der Waals surface area contributed by atoms with Crippen molar-refractivity contribution in [3.05, 3.63) is 87.9 Å². The Bertz CT molecular complexity index is 1530. The molecule has 0 amide bonds. The molecule has 176 valence electrons. The standard InChI is InChI=1S/C25H14ClF3N2O4/c26-19-5-1-4-18(25(27,28)29)21(19)23(33)31-20-13-14(3-2-12-32)6-11-17(20)22(30-31)15-7-9-16(10-8-15)24(34)35/h1,4-11,13,32H,12H2,(H,34,35). The van der Waals surface area contributed by atoms with Crippen LogP contribution in [0.5, 0.6) is 0 Å². The van der Waals surface area contributed by atoms with Crippen molar-refractivity contribution < 1.29 is 33.0 Å². The minimum absolute atomic E-state index is 0.0287. The average molecular weight is 499 g/mol. The van der Waals surface area contributed by atoms with E-state index in [1.54, 1.807) is 12.1 Å². The Balaban J connectivity index is 1.97. The minimum atomic E-state index is -4.84. The molecule has 1 heterocycles. The Kier molecular flexibility index (Phi) is 6.35. The number of aliphatic hydroxyl groups excluding tert-OH is 1. The lowest BCUT2D eigenvalue weighted by atomic mass is 10.0. The molecule has 10 heteroatoms. The van der Waals surface area contributed by atoms with E-state index in [1.807, 2.05) is 0 Å². The number of fused-ring (bicyclic) bond motifs is 1. The van der Waals surface area contributed by atoms with E-state index in [1.165, 1.54) is 36.4 Å². The maximum absolute atomic E-state index is 13.7. The third kappa shape index (κ3) is 4.62. The van der Waals surface area contributed by atoms with Crippen molar-refractivity contribution in [2.75, 3.05) is 6.61 Å². The fourth-order valence-electron chi connectivity index (χ4n) is 3.56. The number of aromatic carboxylic acids is 1. The quantitative estimate of drug-likeness (QED) is 0.383. The van der Waals surface area contributed by atoms with E-state index in [0.717, 1.165) is 16.8 Å². The van der Waals surface area contributed by atoms with Crippen LogP contribution in [-0.2, 0) is 6.18 Å². The maximum atomic E-state index is 13.7. The van der Waals surface area contributed by atoms with Crippen LogP contribution in [0.4, 0.5) is 13.2 Å². The number of carboxylic acid groups (broad SMARTS) is 1. The molecule has 0 unspecified atom stereocenters. The van der Waals surface area contributed by atoms with Crippen LogP contribution in [0.2, 0.25) is 5.02 Å². The number of carboxylic acids is 1. The molecule has 0 aliphatic rings. The van der Waals surface area contributed by atoms with Crippen molar-refractivity contribution in [1.29, 1.82) is 0 Å². The van der Waals surface area contributed by atoms with Crippen LogP contribution in [-0.4, -0.2) is 38.5 Å².